The first-order valence-corrected chi connectivity index (χ1v) is 10.5. The lowest BCUT2D eigenvalue weighted by atomic mass is 9.98. The van der Waals surface area contributed by atoms with Gasteiger partial charge in [0.25, 0.3) is 11.8 Å². The lowest BCUT2D eigenvalue weighted by molar-refractivity contribution is -0.136. The summed E-state index contributed by atoms with van der Waals surface area (Å²) in [6, 6.07) is 4.49. The third-order valence-electron chi connectivity index (χ3n) is 6.18. The maximum absolute atomic E-state index is 13.0. The van der Waals surface area contributed by atoms with E-state index in [1.54, 1.807) is 12.1 Å². The van der Waals surface area contributed by atoms with Gasteiger partial charge in [-0.3, -0.25) is 34.3 Å². The number of piperidine rings is 2. The Morgan fingerprint density at radius 2 is 1.77 bits per heavy atom. The highest BCUT2D eigenvalue weighted by Gasteiger charge is 2.44. The van der Waals surface area contributed by atoms with Gasteiger partial charge in [0.2, 0.25) is 11.8 Å². The van der Waals surface area contributed by atoms with E-state index >= 15 is 0 Å². The van der Waals surface area contributed by atoms with Crippen LogP contribution in [0.2, 0.25) is 0 Å². The standard InChI is InChI=1S/C22H28N4O4/c1-22(2,3)25-10-4-5-14(12-25)23-13-6-7-15-16(11-13)21(30)26(20(15)29)17-8-9-18(27)24-19(17)28/h6-7,11,14,17,23H,4-5,8-10,12H2,1-3H3,(H,24,27,28)/t14-,17-/m1/s1. The summed E-state index contributed by atoms with van der Waals surface area (Å²) in [5.74, 6) is -1.93. The molecule has 0 spiro atoms. The van der Waals surface area contributed by atoms with Crippen molar-refractivity contribution in [2.45, 2.75) is 64.1 Å². The fourth-order valence-corrected chi connectivity index (χ4v) is 4.50. The number of amides is 4. The Kier molecular flexibility index (Phi) is 5.13. The van der Waals surface area contributed by atoms with Crippen LogP contribution in [-0.4, -0.2) is 64.1 Å². The lowest BCUT2D eigenvalue weighted by Gasteiger charge is -2.42. The summed E-state index contributed by atoms with van der Waals surface area (Å²) in [4.78, 5) is 52.8. The van der Waals surface area contributed by atoms with Crippen molar-refractivity contribution in [3.8, 4) is 0 Å². The van der Waals surface area contributed by atoms with Crippen LogP contribution in [0.15, 0.2) is 18.2 Å². The summed E-state index contributed by atoms with van der Waals surface area (Å²) in [5.41, 5.74) is 1.50. The molecule has 2 atom stereocenters. The van der Waals surface area contributed by atoms with Crippen molar-refractivity contribution in [1.82, 2.24) is 15.1 Å². The highest BCUT2D eigenvalue weighted by molar-refractivity contribution is 6.23. The molecule has 3 aliphatic heterocycles. The maximum atomic E-state index is 13.0. The Hall–Kier alpha value is -2.74. The molecular weight excluding hydrogens is 384 g/mol. The lowest BCUT2D eigenvalue weighted by Crippen LogP contribution is -2.54. The number of likely N-dealkylation sites (tertiary alicyclic amines) is 1. The molecule has 30 heavy (non-hydrogen) atoms. The first-order chi connectivity index (χ1) is 14.1. The first kappa shape index (κ1) is 20.5. The zero-order valence-corrected chi connectivity index (χ0v) is 17.7. The highest BCUT2D eigenvalue weighted by atomic mass is 16.2. The minimum absolute atomic E-state index is 0.100. The van der Waals surface area contributed by atoms with Crippen LogP contribution in [0, 0.1) is 0 Å². The molecule has 2 N–H and O–H groups in total. The second-order valence-corrected chi connectivity index (χ2v) is 9.31. The molecule has 160 valence electrons. The van der Waals surface area contributed by atoms with Gasteiger partial charge in [0.15, 0.2) is 0 Å². The number of fused-ring (bicyclic) bond motifs is 1. The molecule has 0 radical (unpaired) electrons. The molecule has 2 saturated heterocycles. The van der Waals surface area contributed by atoms with Gasteiger partial charge in [0.05, 0.1) is 11.1 Å². The molecule has 0 aromatic heterocycles. The number of benzene rings is 1. The van der Waals surface area contributed by atoms with Gasteiger partial charge in [-0.2, -0.15) is 0 Å². The summed E-state index contributed by atoms with van der Waals surface area (Å²) in [6.45, 7) is 8.60. The topological polar surface area (TPSA) is 98.8 Å². The number of hydrogen-bond acceptors (Lipinski definition) is 6. The van der Waals surface area contributed by atoms with E-state index < -0.39 is 23.8 Å². The molecule has 1 aromatic carbocycles. The highest BCUT2D eigenvalue weighted by Crippen LogP contribution is 2.30. The number of nitrogens with one attached hydrogen (secondary N) is 2. The van der Waals surface area contributed by atoms with Crippen molar-refractivity contribution in [3.05, 3.63) is 29.3 Å². The Morgan fingerprint density at radius 3 is 2.47 bits per heavy atom. The zero-order chi connectivity index (χ0) is 21.6. The molecule has 0 unspecified atom stereocenters. The predicted octanol–water partition coefficient (Wildman–Crippen LogP) is 1.76. The number of carbonyl (C=O) groups excluding carboxylic acids is 4. The Balaban J connectivity index is 1.51. The number of rotatable bonds is 3. The number of hydrogen-bond donors (Lipinski definition) is 2. The van der Waals surface area contributed by atoms with Gasteiger partial charge in [0.1, 0.15) is 6.04 Å². The van der Waals surface area contributed by atoms with E-state index in [0.717, 1.165) is 36.5 Å². The minimum atomic E-state index is -0.940. The van der Waals surface area contributed by atoms with E-state index in [9.17, 15) is 19.2 Å². The molecular formula is C22H28N4O4. The molecule has 3 aliphatic rings. The second-order valence-electron chi connectivity index (χ2n) is 9.31. The quantitative estimate of drug-likeness (QED) is 0.734. The molecule has 0 bridgehead atoms. The first-order valence-electron chi connectivity index (χ1n) is 10.5. The van der Waals surface area contributed by atoms with Crippen molar-refractivity contribution in [2.75, 3.05) is 18.4 Å². The van der Waals surface area contributed by atoms with Crippen LogP contribution in [0.4, 0.5) is 5.69 Å². The van der Waals surface area contributed by atoms with Gasteiger partial charge in [-0.05, 0) is 64.8 Å². The van der Waals surface area contributed by atoms with Crippen LogP contribution < -0.4 is 10.6 Å². The van der Waals surface area contributed by atoms with Crippen molar-refractivity contribution < 1.29 is 19.2 Å². The van der Waals surface area contributed by atoms with Crippen molar-refractivity contribution in [3.63, 3.8) is 0 Å². The summed E-state index contributed by atoms with van der Waals surface area (Å²) >= 11 is 0. The Bertz CT molecular complexity index is 920. The second kappa shape index (κ2) is 7.50. The van der Waals surface area contributed by atoms with Gasteiger partial charge in [-0.1, -0.05) is 0 Å². The van der Waals surface area contributed by atoms with E-state index in [2.05, 4.69) is 36.3 Å². The average molecular weight is 412 g/mol. The number of nitrogens with zero attached hydrogens (tertiary/aromatic N) is 2. The van der Waals surface area contributed by atoms with Gasteiger partial charge in [-0.15, -0.1) is 0 Å². The summed E-state index contributed by atoms with van der Waals surface area (Å²) < 4.78 is 0. The molecule has 4 rings (SSSR count). The monoisotopic (exact) mass is 412 g/mol. The van der Waals surface area contributed by atoms with E-state index in [0.29, 0.717) is 11.1 Å². The summed E-state index contributed by atoms with van der Waals surface area (Å²) in [7, 11) is 0. The summed E-state index contributed by atoms with van der Waals surface area (Å²) in [5, 5.41) is 5.72. The third-order valence-corrected chi connectivity index (χ3v) is 6.18. The Morgan fingerprint density at radius 1 is 1.03 bits per heavy atom. The molecule has 4 amide bonds. The van der Waals surface area contributed by atoms with Crippen LogP contribution in [0.3, 0.4) is 0 Å². The smallest absolute Gasteiger partial charge is 0.262 e. The van der Waals surface area contributed by atoms with Gasteiger partial charge in [0, 0.05) is 30.2 Å². The summed E-state index contributed by atoms with van der Waals surface area (Å²) in [6.07, 6.45) is 2.41. The van der Waals surface area contributed by atoms with Gasteiger partial charge in [-0.25, -0.2) is 0 Å². The van der Waals surface area contributed by atoms with Crippen LogP contribution in [0.5, 0.6) is 0 Å². The molecule has 8 heteroatoms. The number of anilines is 1. The molecule has 0 aliphatic carbocycles. The van der Waals surface area contributed by atoms with Gasteiger partial charge < -0.3 is 5.32 Å². The Labute approximate surface area is 176 Å². The van der Waals surface area contributed by atoms with Crippen molar-refractivity contribution in [2.24, 2.45) is 0 Å². The van der Waals surface area contributed by atoms with E-state index in [4.69, 9.17) is 0 Å². The third kappa shape index (κ3) is 3.71. The molecule has 3 heterocycles. The maximum Gasteiger partial charge on any atom is 0.262 e. The predicted molar refractivity (Wildman–Crippen MR) is 111 cm³/mol. The number of imide groups is 2. The van der Waals surface area contributed by atoms with Crippen molar-refractivity contribution in [1.29, 1.82) is 0 Å². The normalized spacial score (nSPS) is 25.4. The van der Waals surface area contributed by atoms with Crippen LogP contribution in [0.25, 0.3) is 0 Å². The molecule has 8 nitrogen and oxygen atoms in total. The average Bonchev–Trinajstić information content (AvgIpc) is 2.92. The zero-order valence-electron chi connectivity index (χ0n) is 17.7. The fourth-order valence-electron chi connectivity index (χ4n) is 4.50. The minimum Gasteiger partial charge on any atom is -0.381 e. The van der Waals surface area contributed by atoms with Crippen LogP contribution >= 0.6 is 0 Å². The van der Waals surface area contributed by atoms with E-state index in [1.807, 2.05) is 6.07 Å². The van der Waals surface area contributed by atoms with Crippen LogP contribution in [-0.2, 0) is 9.59 Å². The van der Waals surface area contributed by atoms with Crippen LogP contribution in [0.1, 0.15) is 67.2 Å². The molecule has 0 saturated carbocycles. The molecule has 2 fully saturated rings. The van der Waals surface area contributed by atoms with E-state index in [-0.39, 0.29) is 30.3 Å². The fraction of sp³-hybridized carbons (Fsp3) is 0.545. The molecule has 1 aromatic rings. The SMILES string of the molecule is CC(C)(C)N1CCC[C@@H](Nc2ccc3c(c2)C(=O)N([C@@H]2CCC(=O)NC2=O)C3=O)C1. The number of carbonyl (C=O) groups is 4. The van der Waals surface area contributed by atoms with Crippen molar-refractivity contribution >= 4 is 29.3 Å². The van der Waals surface area contributed by atoms with Gasteiger partial charge >= 0.3 is 0 Å². The van der Waals surface area contributed by atoms with E-state index in [1.165, 1.54) is 0 Å². The largest absolute Gasteiger partial charge is 0.381 e.